The quantitative estimate of drug-likeness (QED) is 0.215. The zero-order chi connectivity index (χ0) is 29.6. The number of hydrogen-bond acceptors (Lipinski definition) is 5. The monoisotopic (exact) mass is 587 g/mol. The highest BCUT2D eigenvalue weighted by molar-refractivity contribution is 5.93. The van der Waals surface area contributed by atoms with Crippen LogP contribution in [0.5, 0.6) is 0 Å². The van der Waals surface area contributed by atoms with Crippen LogP contribution in [0.1, 0.15) is 60.5 Å². The van der Waals surface area contributed by atoms with Crippen molar-refractivity contribution in [1.29, 1.82) is 0 Å². The molecular weight excluding hydrogens is 538 g/mol. The van der Waals surface area contributed by atoms with Gasteiger partial charge in [-0.1, -0.05) is 78.9 Å². The normalized spacial score (nSPS) is 18.9. The van der Waals surface area contributed by atoms with E-state index in [2.05, 4.69) is 105 Å². The summed E-state index contributed by atoms with van der Waals surface area (Å²) >= 11 is 0. The van der Waals surface area contributed by atoms with Crippen molar-refractivity contribution in [2.45, 2.75) is 51.0 Å². The van der Waals surface area contributed by atoms with Gasteiger partial charge in [0.15, 0.2) is 0 Å². The van der Waals surface area contributed by atoms with Gasteiger partial charge in [-0.05, 0) is 93.3 Å². The van der Waals surface area contributed by atoms with Gasteiger partial charge in [-0.2, -0.15) is 0 Å². The average molecular weight is 588 g/mol. The SMILES string of the molecule is c1ccc(C(c2ccccc2)N2CCN(CCC3CCN(CCNc4c5c(nc6ccccc46)CCCC5)CC3)CC2)cc1. The number of nitrogens with one attached hydrogen (secondary N) is 1. The summed E-state index contributed by atoms with van der Waals surface area (Å²) in [6, 6.07) is 31.2. The van der Waals surface area contributed by atoms with Crippen LogP contribution in [0.25, 0.3) is 10.9 Å². The van der Waals surface area contributed by atoms with Crippen molar-refractivity contribution in [1.82, 2.24) is 19.7 Å². The molecule has 44 heavy (non-hydrogen) atoms. The predicted molar refractivity (Wildman–Crippen MR) is 183 cm³/mol. The van der Waals surface area contributed by atoms with Crippen molar-refractivity contribution in [3.05, 3.63) is 107 Å². The number of aryl methyl sites for hydroxylation is 1. The van der Waals surface area contributed by atoms with Crippen LogP contribution >= 0.6 is 0 Å². The molecule has 0 radical (unpaired) electrons. The largest absolute Gasteiger partial charge is 0.383 e. The molecule has 3 aliphatic rings. The summed E-state index contributed by atoms with van der Waals surface area (Å²) in [6.07, 6.45) is 8.88. The Hall–Kier alpha value is -3.25. The molecule has 5 nitrogen and oxygen atoms in total. The number of benzene rings is 3. The number of aromatic nitrogens is 1. The number of rotatable bonds is 10. The fraction of sp³-hybridized carbons (Fsp3) is 0.462. The van der Waals surface area contributed by atoms with E-state index >= 15 is 0 Å². The summed E-state index contributed by atoms with van der Waals surface area (Å²) < 4.78 is 0. The molecule has 0 saturated carbocycles. The maximum absolute atomic E-state index is 5.01. The van der Waals surface area contributed by atoms with Crippen molar-refractivity contribution in [2.75, 3.05) is 64.2 Å². The summed E-state index contributed by atoms with van der Waals surface area (Å²) in [4.78, 5) is 13.1. The predicted octanol–water partition coefficient (Wildman–Crippen LogP) is 7.03. The van der Waals surface area contributed by atoms with E-state index in [-0.39, 0.29) is 0 Å². The zero-order valence-electron chi connectivity index (χ0n) is 26.3. The Balaban J connectivity index is 0.857. The molecule has 5 heteroatoms. The highest BCUT2D eigenvalue weighted by atomic mass is 15.3. The molecule has 1 N–H and O–H groups in total. The molecule has 2 fully saturated rings. The van der Waals surface area contributed by atoms with Crippen LogP contribution < -0.4 is 5.32 Å². The highest BCUT2D eigenvalue weighted by Crippen LogP contribution is 2.33. The van der Waals surface area contributed by atoms with Crippen LogP contribution in [0.3, 0.4) is 0 Å². The molecule has 7 rings (SSSR count). The van der Waals surface area contributed by atoms with Crippen LogP contribution in [0.15, 0.2) is 84.9 Å². The van der Waals surface area contributed by atoms with Crippen LogP contribution in [0.2, 0.25) is 0 Å². The highest BCUT2D eigenvalue weighted by Gasteiger charge is 2.27. The first-order chi connectivity index (χ1) is 21.8. The number of piperazine rings is 1. The first-order valence-electron chi connectivity index (χ1n) is 17.2. The van der Waals surface area contributed by atoms with Crippen molar-refractivity contribution < 1.29 is 0 Å². The molecule has 4 aromatic rings. The van der Waals surface area contributed by atoms with E-state index in [4.69, 9.17) is 4.98 Å². The Bertz CT molecular complexity index is 1430. The molecule has 0 bridgehead atoms. The molecule has 1 aromatic heterocycles. The smallest absolute Gasteiger partial charge is 0.0726 e. The fourth-order valence-corrected chi connectivity index (χ4v) is 7.91. The van der Waals surface area contributed by atoms with E-state index in [1.54, 1.807) is 0 Å². The number of nitrogens with zero attached hydrogens (tertiary/aromatic N) is 4. The molecule has 0 atom stereocenters. The zero-order valence-corrected chi connectivity index (χ0v) is 26.3. The van der Waals surface area contributed by atoms with E-state index in [1.165, 1.54) is 98.3 Å². The summed E-state index contributed by atoms with van der Waals surface area (Å²) in [5.74, 6) is 0.870. The third kappa shape index (κ3) is 6.86. The first-order valence-corrected chi connectivity index (χ1v) is 17.2. The Labute approximate surface area is 264 Å². The molecule has 1 aliphatic carbocycles. The van der Waals surface area contributed by atoms with Gasteiger partial charge in [0.05, 0.1) is 11.6 Å². The number of piperidine rings is 1. The van der Waals surface area contributed by atoms with Gasteiger partial charge in [-0.15, -0.1) is 0 Å². The van der Waals surface area contributed by atoms with E-state index in [9.17, 15) is 0 Å². The standard InChI is InChI=1S/C39H49N5/c1-3-11-32(12-4-1)39(33-13-5-2-6-14-33)44-29-27-43(28-30-44)25-21-31-19-23-42(24-20-31)26-22-40-38-34-15-7-9-17-36(34)41-37-18-10-8-16-35(37)38/h1-7,9,11-15,17,31,39H,8,10,16,18-30H2,(H,40,41). The van der Waals surface area contributed by atoms with E-state index in [0.29, 0.717) is 6.04 Å². The van der Waals surface area contributed by atoms with E-state index in [0.717, 1.165) is 50.5 Å². The Morgan fingerprint density at radius 3 is 2.05 bits per heavy atom. The second-order valence-electron chi connectivity index (χ2n) is 13.2. The van der Waals surface area contributed by atoms with Gasteiger partial charge in [-0.25, -0.2) is 0 Å². The van der Waals surface area contributed by atoms with Gasteiger partial charge in [0.25, 0.3) is 0 Å². The third-order valence-corrected chi connectivity index (χ3v) is 10.5. The summed E-state index contributed by atoms with van der Waals surface area (Å²) in [6.45, 7) is 10.5. The molecule has 0 amide bonds. The second-order valence-corrected chi connectivity index (χ2v) is 13.2. The summed E-state index contributed by atoms with van der Waals surface area (Å²) in [7, 11) is 0. The number of likely N-dealkylation sites (tertiary alicyclic amines) is 1. The minimum absolute atomic E-state index is 0.348. The van der Waals surface area contributed by atoms with Gasteiger partial charge in [0, 0.05) is 56.0 Å². The number of hydrogen-bond donors (Lipinski definition) is 1. The molecular formula is C39H49N5. The topological polar surface area (TPSA) is 34.6 Å². The van der Waals surface area contributed by atoms with Gasteiger partial charge >= 0.3 is 0 Å². The molecule has 0 spiro atoms. The summed E-state index contributed by atoms with van der Waals surface area (Å²) in [5, 5.41) is 5.18. The minimum atomic E-state index is 0.348. The molecule has 3 aromatic carbocycles. The lowest BCUT2D eigenvalue weighted by Gasteiger charge is -2.40. The van der Waals surface area contributed by atoms with Gasteiger partial charge in [-0.3, -0.25) is 9.88 Å². The van der Waals surface area contributed by atoms with Crippen LogP contribution in [-0.4, -0.2) is 78.6 Å². The van der Waals surface area contributed by atoms with Crippen molar-refractivity contribution in [3.8, 4) is 0 Å². The molecule has 0 unspecified atom stereocenters. The van der Waals surface area contributed by atoms with Crippen molar-refractivity contribution in [2.24, 2.45) is 5.92 Å². The molecule has 2 saturated heterocycles. The third-order valence-electron chi connectivity index (χ3n) is 10.5. The number of pyridine rings is 1. The fourth-order valence-electron chi connectivity index (χ4n) is 7.91. The van der Waals surface area contributed by atoms with Crippen molar-refractivity contribution in [3.63, 3.8) is 0 Å². The van der Waals surface area contributed by atoms with Gasteiger partial charge in [0.1, 0.15) is 0 Å². The Morgan fingerprint density at radius 2 is 1.32 bits per heavy atom. The molecule has 2 aliphatic heterocycles. The van der Waals surface area contributed by atoms with Crippen LogP contribution in [0, 0.1) is 5.92 Å². The summed E-state index contributed by atoms with van der Waals surface area (Å²) in [5.41, 5.74) is 8.12. The average Bonchev–Trinajstić information content (AvgIpc) is 3.09. The maximum atomic E-state index is 5.01. The number of anilines is 1. The lowest BCUT2D eigenvalue weighted by atomic mass is 9.92. The molecule has 230 valence electrons. The number of fused-ring (bicyclic) bond motifs is 2. The lowest BCUT2D eigenvalue weighted by Crippen LogP contribution is -2.48. The Morgan fingerprint density at radius 1 is 0.682 bits per heavy atom. The van der Waals surface area contributed by atoms with E-state index < -0.39 is 0 Å². The molecule has 3 heterocycles. The first kappa shape index (κ1) is 29.5. The van der Waals surface area contributed by atoms with Crippen LogP contribution in [0.4, 0.5) is 5.69 Å². The minimum Gasteiger partial charge on any atom is -0.383 e. The Kier molecular flexibility index (Phi) is 9.53. The van der Waals surface area contributed by atoms with Crippen molar-refractivity contribution >= 4 is 16.6 Å². The van der Waals surface area contributed by atoms with Gasteiger partial charge in [0.2, 0.25) is 0 Å². The van der Waals surface area contributed by atoms with E-state index in [1.807, 2.05) is 0 Å². The van der Waals surface area contributed by atoms with Crippen LogP contribution in [-0.2, 0) is 12.8 Å². The van der Waals surface area contributed by atoms with Gasteiger partial charge < -0.3 is 15.1 Å². The second kappa shape index (κ2) is 14.2. The number of para-hydroxylation sites is 1. The maximum Gasteiger partial charge on any atom is 0.0726 e. The lowest BCUT2D eigenvalue weighted by molar-refractivity contribution is 0.0986.